The molecule has 5 aromatic rings. The van der Waals surface area contributed by atoms with Crippen LogP contribution in [0.2, 0.25) is 10.0 Å². The average Bonchev–Trinajstić information content (AvgIpc) is 3.50. The van der Waals surface area contributed by atoms with Crippen molar-refractivity contribution in [3.05, 3.63) is 104 Å². The van der Waals surface area contributed by atoms with Crippen LogP contribution in [0.3, 0.4) is 0 Å². The Balaban J connectivity index is 1.28. The van der Waals surface area contributed by atoms with Crippen molar-refractivity contribution in [2.75, 3.05) is 20.2 Å². The maximum atomic E-state index is 13.3. The molecule has 1 saturated heterocycles. The normalized spacial score (nSPS) is 15.1. The lowest BCUT2D eigenvalue weighted by molar-refractivity contribution is -0.119. The molecule has 1 amide bonds. The number of amides is 1. The number of ether oxygens (including phenoxy) is 1. The standard InChI is InChI=1S/C37H38Cl2N6O4/c1-21-14-24(15-32-42-19-25(37(48)45(21)32)18-40-16-22(2)46)27-6-4-7-28(34(27)38)29-8-5-9-30(35(29)39)31-12-10-23(36(44-31)49-3)17-41-20-26-11-13-33(47)43-26/h4-10,12,14-15,19,22,26,40-41,46H,11,13,16-18,20H2,1-3H3,(H,43,47). The molecule has 4 N–H and O–H groups in total. The number of pyridine rings is 2. The number of aliphatic hydroxyl groups excluding tert-OH is 1. The molecular weight excluding hydrogens is 663 g/mol. The van der Waals surface area contributed by atoms with Crippen molar-refractivity contribution in [3.8, 4) is 39.4 Å². The lowest BCUT2D eigenvalue weighted by Crippen LogP contribution is -2.35. The number of carbonyl (C=O) groups excluding carboxylic acids is 1. The molecule has 10 nitrogen and oxygen atoms in total. The van der Waals surface area contributed by atoms with Gasteiger partial charge in [0.2, 0.25) is 11.8 Å². The number of fused-ring (bicyclic) bond motifs is 1. The molecule has 6 rings (SSSR count). The summed E-state index contributed by atoms with van der Waals surface area (Å²) in [6.07, 6.45) is 2.45. The summed E-state index contributed by atoms with van der Waals surface area (Å²) in [7, 11) is 1.59. The molecule has 0 saturated carbocycles. The smallest absolute Gasteiger partial charge is 0.262 e. The van der Waals surface area contributed by atoms with Gasteiger partial charge in [-0.25, -0.2) is 9.97 Å². The maximum Gasteiger partial charge on any atom is 0.262 e. The molecule has 1 fully saturated rings. The summed E-state index contributed by atoms with van der Waals surface area (Å²) >= 11 is 14.2. The van der Waals surface area contributed by atoms with Gasteiger partial charge in [-0.15, -0.1) is 0 Å². The molecule has 2 unspecified atom stereocenters. The fraction of sp³-hybridized carbons (Fsp3) is 0.297. The quantitative estimate of drug-likeness (QED) is 0.133. The van der Waals surface area contributed by atoms with Gasteiger partial charge in [0, 0.05) is 78.3 Å². The molecular formula is C37H38Cl2N6O4. The average molecular weight is 702 g/mol. The Hall–Kier alpha value is -4.32. The number of hydrogen-bond acceptors (Lipinski definition) is 8. The van der Waals surface area contributed by atoms with E-state index < -0.39 is 6.10 Å². The largest absolute Gasteiger partial charge is 0.481 e. The molecule has 0 radical (unpaired) electrons. The van der Waals surface area contributed by atoms with Crippen LogP contribution in [0.1, 0.15) is 36.6 Å². The highest BCUT2D eigenvalue weighted by atomic mass is 35.5. The molecule has 0 aliphatic carbocycles. The van der Waals surface area contributed by atoms with Gasteiger partial charge < -0.3 is 25.8 Å². The third-order valence-electron chi connectivity index (χ3n) is 8.61. The zero-order valence-electron chi connectivity index (χ0n) is 27.5. The minimum absolute atomic E-state index is 0.0926. The fourth-order valence-corrected chi connectivity index (χ4v) is 6.81. The molecule has 1 aliphatic rings. The van der Waals surface area contributed by atoms with Crippen LogP contribution >= 0.6 is 23.2 Å². The van der Waals surface area contributed by atoms with Gasteiger partial charge in [0.05, 0.1) is 34.5 Å². The summed E-state index contributed by atoms with van der Waals surface area (Å²) in [6.45, 7) is 5.44. The van der Waals surface area contributed by atoms with E-state index >= 15 is 0 Å². The van der Waals surface area contributed by atoms with Crippen molar-refractivity contribution in [1.82, 2.24) is 30.3 Å². The second kappa shape index (κ2) is 15.1. The van der Waals surface area contributed by atoms with Gasteiger partial charge in [0.1, 0.15) is 5.65 Å². The van der Waals surface area contributed by atoms with Crippen molar-refractivity contribution < 1.29 is 14.6 Å². The summed E-state index contributed by atoms with van der Waals surface area (Å²) in [6, 6.07) is 19.3. The number of hydrogen-bond donors (Lipinski definition) is 4. The molecule has 0 bridgehead atoms. The van der Waals surface area contributed by atoms with Crippen LogP contribution in [0.15, 0.2) is 71.7 Å². The van der Waals surface area contributed by atoms with Crippen LogP contribution in [0.4, 0.5) is 0 Å². The number of nitrogens with one attached hydrogen (secondary N) is 3. The SMILES string of the molecule is COc1nc(-c2cccc(-c3cccc(-c4cc(C)n5c(=O)c(CNCC(C)O)cnc5c4)c3Cl)c2Cl)ccc1CNCC1CCC(=O)N1. The third-order valence-corrected chi connectivity index (χ3v) is 9.43. The van der Waals surface area contributed by atoms with Crippen molar-refractivity contribution in [3.63, 3.8) is 0 Å². The van der Waals surface area contributed by atoms with Gasteiger partial charge >= 0.3 is 0 Å². The molecule has 12 heteroatoms. The van der Waals surface area contributed by atoms with Crippen LogP contribution in [-0.2, 0) is 17.9 Å². The molecule has 3 aromatic heterocycles. The Bertz CT molecular complexity index is 2080. The molecule has 254 valence electrons. The number of aryl methyl sites for hydroxylation is 1. The van der Waals surface area contributed by atoms with Crippen molar-refractivity contribution in [1.29, 1.82) is 0 Å². The molecule has 49 heavy (non-hydrogen) atoms. The van der Waals surface area contributed by atoms with E-state index in [0.717, 1.165) is 39.8 Å². The van der Waals surface area contributed by atoms with Crippen LogP contribution in [-0.4, -0.2) is 57.7 Å². The second-order valence-corrected chi connectivity index (χ2v) is 13.0. The van der Waals surface area contributed by atoms with E-state index in [1.807, 2.05) is 67.6 Å². The molecule has 0 spiro atoms. The second-order valence-electron chi connectivity index (χ2n) is 12.3. The number of nitrogens with zero attached hydrogens (tertiary/aromatic N) is 3. The highest BCUT2D eigenvalue weighted by Gasteiger charge is 2.21. The maximum absolute atomic E-state index is 13.3. The fourth-order valence-electron chi connectivity index (χ4n) is 6.15. The van der Waals surface area contributed by atoms with E-state index in [2.05, 4.69) is 20.9 Å². The highest BCUT2D eigenvalue weighted by molar-refractivity contribution is 6.39. The van der Waals surface area contributed by atoms with Crippen LogP contribution in [0, 0.1) is 6.92 Å². The number of methoxy groups -OCH3 is 1. The highest BCUT2D eigenvalue weighted by Crippen LogP contribution is 2.42. The first-order chi connectivity index (χ1) is 23.6. The minimum Gasteiger partial charge on any atom is -0.481 e. The zero-order valence-corrected chi connectivity index (χ0v) is 29.0. The third kappa shape index (κ3) is 7.49. The monoisotopic (exact) mass is 700 g/mol. The number of aliphatic hydroxyl groups is 1. The first-order valence-corrected chi connectivity index (χ1v) is 16.9. The zero-order chi connectivity index (χ0) is 34.7. The summed E-state index contributed by atoms with van der Waals surface area (Å²) in [4.78, 5) is 34.1. The van der Waals surface area contributed by atoms with Gasteiger partial charge in [-0.1, -0.05) is 65.7 Å². The Kier molecular flexibility index (Phi) is 10.6. The van der Waals surface area contributed by atoms with E-state index in [9.17, 15) is 14.7 Å². The Labute approximate surface area is 294 Å². The van der Waals surface area contributed by atoms with E-state index in [1.165, 1.54) is 0 Å². The number of rotatable bonds is 12. The van der Waals surface area contributed by atoms with Gasteiger partial charge in [-0.3, -0.25) is 14.0 Å². The molecule has 2 aromatic carbocycles. The first-order valence-electron chi connectivity index (χ1n) is 16.2. The summed E-state index contributed by atoms with van der Waals surface area (Å²) in [5.74, 6) is 0.583. The minimum atomic E-state index is -0.516. The van der Waals surface area contributed by atoms with Crippen LogP contribution < -0.4 is 26.2 Å². The summed E-state index contributed by atoms with van der Waals surface area (Å²) in [5.41, 5.74) is 6.94. The lowest BCUT2D eigenvalue weighted by atomic mass is 9.96. The van der Waals surface area contributed by atoms with E-state index in [0.29, 0.717) is 71.1 Å². The molecule has 4 heterocycles. The van der Waals surface area contributed by atoms with Gasteiger partial charge in [-0.05, 0) is 44.0 Å². The van der Waals surface area contributed by atoms with Gasteiger partial charge in [-0.2, -0.15) is 0 Å². The number of carbonyl (C=O) groups is 1. The van der Waals surface area contributed by atoms with Crippen molar-refractivity contribution in [2.24, 2.45) is 0 Å². The summed E-state index contributed by atoms with van der Waals surface area (Å²) in [5, 5.41) is 20.0. The van der Waals surface area contributed by atoms with E-state index in [1.54, 1.807) is 24.6 Å². The van der Waals surface area contributed by atoms with Crippen molar-refractivity contribution >= 4 is 34.8 Å². The Morgan fingerprint density at radius 1 is 0.980 bits per heavy atom. The topological polar surface area (TPSA) is 130 Å². The predicted octanol–water partition coefficient (Wildman–Crippen LogP) is 5.55. The molecule has 1 aliphatic heterocycles. The Morgan fingerprint density at radius 3 is 2.37 bits per heavy atom. The predicted molar refractivity (Wildman–Crippen MR) is 193 cm³/mol. The Morgan fingerprint density at radius 2 is 1.67 bits per heavy atom. The number of halogens is 2. The van der Waals surface area contributed by atoms with E-state index in [-0.39, 0.29) is 17.5 Å². The number of benzene rings is 2. The van der Waals surface area contributed by atoms with Crippen molar-refractivity contribution in [2.45, 2.75) is 51.9 Å². The summed E-state index contributed by atoms with van der Waals surface area (Å²) < 4.78 is 7.22. The van der Waals surface area contributed by atoms with Gasteiger partial charge in [0.25, 0.3) is 5.56 Å². The van der Waals surface area contributed by atoms with E-state index in [4.69, 9.17) is 32.9 Å². The van der Waals surface area contributed by atoms with Crippen LogP contribution in [0.5, 0.6) is 5.88 Å². The van der Waals surface area contributed by atoms with Crippen LogP contribution in [0.25, 0.3) is 39.2 Å². The first kappa shape index (κ1) is 34.5. The lowest BCUT2D eigenvalue weighted by Gasteiger charge is -2.16. The number of aromatic nitrogens is 3. The van der Waals surface area contributed by atoms with Gasteiger partial charge in [0.15, 0.2) is 0 Å². The molecule has 2 atom stereocenters.